The van der Waals surface area contributed by atoms with Gasteiger partial charge in [-0.05, 0) is 43.0 Å². The predicted octanol–water partition coefficient (Wildman–Crippen LogP) is 1.16. The minimum atomic E-state index is -3.84. The number of carbonyl (C=O) groups is 2. The van der Waals surface area contributed by atoms with Crippen LogP contribution in [0.5, 0.6) is 5.75 Å². The van der Waals surface area contributed by atoms with Gasteiger partial charge in [0.1, 0.15) is 11.8 Å². The molecule has 1 atom stereocenters. The third kappa shape index (κ3) is 5.43. The van der Waals surface area contributed by atoms with Gasteiger partial charge in [-0.3, -0.25) is 9.59 Å². The molecule has 27 heavy (non-hydrogen) atoms. The summed E-state index contributed by atoms with van der Waals surface area (Å²) in [6, 6.07) is 5.06. The van der Waals surface area contributed by atoms with Crippen LogP contribution >= 0.6 is 0 Å². The lowest BCUT2D eigenvalue weighted by molar-refractivity contribution is -0.151. The van der Waals surface area contributed by atoms with Crippen molar-refractivity contribution in [1.82, 2.24) is 9.62 Å². The smallest absolute Gasteiger partial charge is 0.324 e. The summed E-state index contributed by atoms with van der Waals surface area (Å²) in [5, 5.41) is 2.65. The summed E-state index contributed by atoms with van der Waals surface area (Å²) in [6.45, 7) is 4.20. The number of ether oxygens (including phenoxy) is 2. The highest BCUT2D eigenvalue weighted by Crippen LogP contribution is 2.27. The van der Waals surface area contributed by atoms with Crippen molar-refractivity contribution < 1.29 is 27.5 Å². The van der Waals surface area contributed by atoms with Crippen LogP contribution in [0.2, 0.25) is 0 Å². The Balaban J connectivity index is 2.02. The number of methoxy groups -OCH3 is 1. The number of hydrogen-bond acceptors (Lipinski definition) is 6. The molecule has 0 bridgehead atoms. The van der Waals surface area contributed by atoms with E-state index in [1.165, 1.54) is 19.2 Å². The molecule has 0 unspecified atom stereocenters. The minimum absolute atomic E-state index is 0.0812. The summed E-state index contributed by atoms with van der Waals surface area (Å²) in [5.41, 5.74) is 0. The highest BCUT2D eigenvalue weighted by atomic mass is 32.2. The van der Waals surface area contributed by atoms with Crippen LogP contribution in [0.15, 0.2) is 29.2 Å². The molecule has 0 radical (unpaired) electrons. The van der Waals surface area contributed by atoms with E-state index in [1.54, 1.807) is 12.1 Å². The molecule has 1 saturated heterocycles. The quantitative estimate of drug-likeness (QED) is 0.660. The van der Waals surface area contributed by atoms with Crippen LogP contribution in [0.1, 0.15) is 26.7 Å². The largest absolute Gasteiger partial charge is 0.497 e. The van der Waals surface area contributed by atoms with Crippen molar-refractivity contribution in [2.24, 2.45) is 5.92 Å². The third-order valence-corrected chi connectivity index (χ3v) is 6.12. The van der Waals surface area contributed by atoms with E-state index in [-0.39, 0.29) is 17.4 Å². The van der Waals surface area contributed by atoms with E-state index in [2.05, 4.69) is 5.32 Å². The van der Waals surface area contributed by atoms with Gasteiger partial charge in [-0.25, -0.2) is 8.42 Å². The van der Waals surface area contributed by atoms with Crippen LogP contribution in [0.4, 0.5) is 0 Å². The first-order valence-electron chi connectivity index (χ1n) is 8.85. The Kier molecular flexibility index (Phi) is 7.20. The van der Waals surface area contributed by atoms with Crippen molar-refractivity contribution in [2.45, 2.75) is 37.6 Å². The summed E-state index contributed by atoms with van der Waals surface area (Å²) in [4.78, 5) is 24.1. The molecule has 1 N–H and O–H groups in total. The van der Waals surface area contributed by atoms with Crippen molar-refractivity contribution in [3.8, 4) is 5.75 Å². The zero-order valence-electron chi connectivity index (χ0n) is 15.8. The number of rotatable bonds is 8. The van der Waals surface area contributed by atoms with Crippen molar-refractivity contribution in [3.63, 3.8) is 0 Å². The maximum Gasteiger partial charge on any atom is 0.324 e. The van der Waals surface area contributed by atoms with Gasteiger partial charge in [0, 0.05) is 13.1 Å². The standard InChI is InChI=1S/C18H26N2O6S/c1-13(2)11-19-17(21)12-26-18(22)16-5-4-10-20(16)27(23,24)15-8-6-14(25-3)7-9-15/h6-9,13,16H,4-5,10-12H2,1-3H3,(H,19,21)/t16-/m0/s1. The fraction of sp³-hybridized carbons (Fsp3) is 0.556. The minimum Gasteiger partial charge on any atom is -0.497 e. The van der Waals surface area contributed by atoms with E-state index in [0.29, 0.717) is 25.1 Å². The number of sulfonamides is 1. The van der Waals surface area contributed by atoms with Gasteiger partial charge in [0.05, 0.1) is 12.0 Å². The van der Waals surface area contributed by atoms with Gasteiger partial charge in [-0.2, -0.15) is 4.31 Å². The van der Waals surface area contributed by atoms with Crippen LogP contribution < -0.4 is 10.1 Å². The fourth-order valence-electron chi connectivity index (χ4n) is 2.75. The van der Waals surface area contributed by atoms with Crippen molar-refractivity contribution in [3.05, 3.63) is 24.3 Å². The SMILES string of the molecule is COc1ccc(S(=O)(=O)N2CCC[C@H]2C(=O)OCC(=O)NCC(C)C)cc1. The number of amides is 1. The Labute approximate surface area is 159 Å². The van der Waals surface area contributed by atoms with Crippen LogP contribution in [-0.4, -0.2) is 57.4 Å². The fourth-order valence-corrected chi connectivity index (χ4v) is 4.40. The molecule has 2 rings (SSSR count). The van der Waals surface area contributed by atoms with Crippen LogP contribution in [0.25, 0.3) is 0 Å². The van der Waals surface area contributed by atoms with Crippen LogP contribution in [0.3, 0.4) is 0 Å². The molecule has 150 valence electrons. The summed E-state index contributed by atoms with van der Waals surface area (Å²) in [6.07, 6.45) is 0.913. The number of hydrogen-bond donors (Lipinski definition) is 1. The van der Waals surface area contributed by atoms with Gasteiger partial charge in [-0.1, -0.05) is 13.8 Å². The molecular weight excluding hydrogens is 372 g/mol. The van der Waals surface area contributed by atoms with Crippen molar-refractivity contribution in [1.29, 1.82) is 0 Å². The second-order valence-corrected chi connectivity index (χ2v) is 8.65. The van der Waals surface area contributed by atoms with E-state index in [0.717, 1.165) is 4.31 Å². The molecule has 1 aliphatic heterocycles. The van der Waals surface area contributed by atoms with Crippen molar-refractivity contribution in [2.75, 3.05) is 26.8 Å². The van der Waals surface area contributed by atoms with E-state index in [4.69, 9.17) is 9.47 Å². The van der Waals surface area contributed by atoms with Gasteiger partial charge >= 0.3 is 5.97 Å². The van der Waals surface area contributed by atoms with Gasteiger partial charge in [0.25, 0.3) is 5.91 Å². The normalized spacial score (nSPS) is 17.7. The first-order chi connectivity index (χ1) is 12.8. The summed E-state index contributed by atoms with van der Waals surface area (Å²) < 4.78 is 36.9. The molecule has 0 aromatic heterocycles. The molecule has 1 aromatic rings. The van der Waals surface area contributed by atoms with Crippen molar-refractivity contribution >= 4 is 21.9 Å². The molecule has 9 heteroatoms. The van der Waals surface area contributed by atoms with Gasteiger partial charge in [0.15, 0.2) is 6.61 Å². The molecule has 0 spiro atoms. The Morgan fingerprint density at radius 3 is 2.52 bits per heavy atom. The molecule has 0 saturated carbocycles. The highest BCUT2D eigenvalue weighted by molar-refractivity contribution is 7.89. The summed E-state index contributed by atoms with van der Waals surface area (Å²) in [7, 11) is -2.35. The molecular formula is C18H26N2O6S. The molecule has 1 amide bonds. The van der Waals surface area contributed by atoms with Crippen LogP contribution in [0, 0.1) is 5.92 Å². The highest BCUT2D eigenvalue weighted by Gasteiger charge is 2.40. The number of nitrogens with zero attached hydrogens (tertiary/aromatic N) is 1. The zero-order valence-corrected chi connectivity index (χ0v) is 16.6. The molecule has 1 aromatic carbocycles. The molecule has 1 aliphatic rings. The van der Waals surface area contributed by atoms with E-state index in [9.17, 15) is 18.0 Å². The van der Waals surface area contributed by atoms with E-state index < -0.39 is 34.5 Å². The molecule has 1 fully saturated rings. The molecule has 8 nitrogen and oxygen atoms in total. The first kappa shape index (κ1) is 21.2. The third-order valence-electron chi connectivity index (χ3n) is 4.19. The summed E-state index contributed by atoms with van der Waals surface area (Å²) >= 11 is 0. The Bertz CT molecular complexity index is 761. The number of benzene rings is 1. The number of esters is 1. The summed E-state index contributed by atoms with van der Waals surface area (Å²) in [5.74, 6) is -0.285. The van der Waals surface area contributed by atoms with Crippen LogP contribution in [-0.2, 0) is 24.3 Å². The lowest BCUT2D eigenvalue weighted by atomic mass is 10.2. The lowest BCUT2D eigenvalue weighted by Gasteiger charge is -2.22. The van der Waals surface area contributed by atoms with Gasteiger partial charge in [0.2, 0.25) is 10.0 Å². The number of nitrogens with one attached hydrogen (secondary N) is 1. The lowest BCUT2D eigenvalue weighted by Crippen LogP contribution is -2.42. The number of carbonyl (C=O) groups excluding carboxylic acids is 2. The molecule has 1 heterocycles. The molecule has 0 aliphatic carbocycles. The van der Waals surface area contributed by atoms with E-state index in [1.807, 2.05) is 13.8 Å². The van der Waals surface area contributed by atoms with E-state index >= 15 is 0 Å². The maximum absolute atomic E-state index is 12.9. The maximum atomic E-state index is 12.9. The zero-order chi connectivity index (χ0) is 20.0. The monoisotopic (exact) mass is 398 g/mol. The van der Waals surface area contributed by atoms with Gasteiger partial charge < -0.3 is 14.8 Å². The Hall–Kier alpha value is -2.13. The predicted molar refractivity (Wildman–Crippen MR) is 98.7 cm³/mol. The second-order valence-electron chi connectivity index (χ2n) is 6.75. The average Bonchev–Trinajstić information content (AvgIpc) is 3.15. The Morgan fingerprint density at radius 1 is 1.26 bits per heavy atom. The second kappa shape index (κ2) is 9.18. The topological polar surface area (TPSA) is 102 Å². The first-order valence-corrected chi connectivity index (χ1v) is 10.3. The average molecular weight is 398 g/mol. The Morgan fingerprint density at radius 2 is 1.93 bits per heavy atom. The van der Waals surface area contributed by atoms with Gasteiger partial charge in [-0.15, -0.1) is 0 Å².